The van der Waals surface area contributed by atoms with Crippen LogP contribution in [0.15, 0.2) is 59.5 Å². The molecule has 1 saturated heterocycles. The maximum absolute atomic E-state index is 11.5. The normalized spacial score (nSPS) is 17.4. The summed E-state index contributed by atoms with van der Waals surface area (Å²) in [6.45, 7) is 4.22. The molecule has 25 heavy (non-hydrogen) atoms. The second kappa shape index (κ2) is 7.56. The van der Waals surface area contributed by atoms with Gasteiger partial charge in [-0.2, -0.15) is 0 Å². The molecule has 0 unspecified atom stereocenters. The zero-order valence-electron chi connectivity index (χ0n) is 14.4. The molecule has 6 heteroatoms. The van der Waals surface area contributed by atoms with Crippen molar-refractivity contribution in [2.24, 2.45) is 0 Å². The molecule has 0 aromatic heterocycles. The van der Waals surface area contributed by atoms with E-state index in [1.165, 1.54) is 11.9 Å². The molecule has 0 aliphatic carbocycles. The van der Waals surface area contributed by atoms with Crippen LogP contribution in [0.2, 0.25) is 0 Å². The van der Waals surface area contributed by atoms with E-state index in [1.54, 1.807) is 24.3 Å². The van der Waals surface area contributed by atoms with Crippen molar-refractivity contribution >= 4 is 15.5 Å². The Labute approximate surface area is 149 Å². The van der Waals surface area contributed by atoms with Gasteiger partial charge in [-0.3, -0.25) is 4.90 Å². The lowest BCUT2D eigenvalue weighted by molar-refractivity contribution is 0.109. The molecule has 3 rings (SSSR count). The summed E-state index contributed by atoms with van der Waals surface area (Å²) >= 11 is 0. The van der Waals surface area contributed by atoms with E-state index in [-0.39, 0.29) is 4.90 Å². The van der Waals surface area contributed by atoms with Crippen molar-refractivity contribution in [3.63, 3.8) is 0 Å². The Kier molecular flexibility index (Phi) is 5.42. The molecule has 0 spiro atoms. The highest BCUT2D eigenvalue weighted by molar-refractivity contribution is 7.90. The number of β-amino-alcohol motifs (C(OH)–C–C–N with tert-alkyl or cyclic N) is 1. The zero-order valence-corrected chi connectivity index (χ0v) is 15.2. The lowest BCUT2D eigenvalue weighted by Gasteiger charge is -2.37. The number of aliphatic hydroxyl groups excluding tert-OH is 1. The van der Waals surface area contributed by atoms with E-state index in [4.69, 9.17) is 0 Å². The monoisotopic (exact) mass is 360 g/mol. The van der Waals surface area contributed by atoms with E-state index in [9.17, 15) is 13.5 Å². The Morgan fingerprint density at radius 3 is 2.12 bits per heavy atom. The van der Waals surface area contributed by atoms with Crippen LogP contribution < -0.4 is 4.90 Å². The minimum absolute atomic E-state index is 0.278. The number of aliphatic hydroxyl groups is 1. The van der Waals surface area contributed by atoms with Crippen molar-refractivity contribution in [1.29, 1.82) is 0 Å². The van der Waals surface area contributed by atoms with Gasteiger partial charge in [-0.1, -0.05) is 30.3 Å². The number of nitrogens with zero attached hydrogens (tertiary/aromatic N) is 2. The van der Waals surface area contributed by atoms with Gasteiger partial charge in [-0.25, -0.2) is 8.42 Å². The minimum Gasteiger partial charge on any atom is -0.387 e. The molecule has 1 aliphatic rings. The lowest BCUT2D eigenvalue weighted by atomic mass is 10.1. The molecule has 134 valence electrons. The Bertz CT molecular complexity index is 783. The molecular formula is C19H24N2O3S. The number of hydrogen-bond acceptors (Lipinski definition) is 5. The highest BCUT2D eigenvalue weighted by Crippen LogP contribution is 2.20. The van der Waals surface area contributed by atoms with Crippen molar-refractivity contribution in [3.05, 3.63) is 60.2 Å². The summed E-state index contributed by atoms with van der Waals surface area (Å²) in [6.07, 6.45) is 0.571. The van der Waals surface area contributed by atoms with Crippen LogP contribution in [0, 0.1) is 0 Å². The third-order valence-electron chi connectivity index (χ3n) is 4.62. The molecule has 0 radical (unpaired) electrons. The fourth-order valence-electron chi connectivity index (χ4n) is 3.11. The summed E-state index contributed by atoms with van der Waals surface area (Å²) in [5.41, 5.74) is 1.98. The summed E-state index contributed by atoms with van der Waals surface area (Å²) in [7, 11) is -3.20. The molecule has 0 bridgehead atoms. The number of sulfone groups is 1. The van der Waals surface area contributed by atoms with Crippen molar-refractivity contribution in [1.82, 2.24) is 4.90 Å². The summed E-state index contributed by atoms with van der Waals surface area (Å²) in [5.74, 6) is 0. The van der Waals surface area contributed by atoms with E-state index < -0.39 is 15.9 Å². The van der Waals surface area contributed by atoms with Gasteiger partial charge in [-0.15, -0.1) is 0 Å². The number of piperazine rings is 1. The van der Waals surface area contributed by atoms with Gasteiger partial charge in [0.15, 0.2) is 9.84 Å². The topological polar surface area (TPSA) is 60.9 Å². The Morgan fingerprint density at radius 1 is 0.960 bits per heavy atom. The van der Waals surface area contributed by atoms with Gasteiger partial charge in [-0.05, 0) is 29.8 Å². The van der Waals surface area contributed by atoms with Gasteiger partial charge in [0.25, 0.3) is 0 Å². The first-order valence-corrected chi connectivity index (χ1v) is 10.3. The zero-order chi connectivity index (χ0) is 17.9. The third kappa shape index (κ3) is 4.60. The highest BCUT2D eigenvalue weighted by atomic mass is 32.2. The molecular weight excluding hydrogens is 336 g/mol. The maximum atomic E-state index is 11.5. The first-order chi connectivity index (χ1) is 11.9. The van der Waals surface area contributed by atoms with Crippen LogP contribution in [0.4, 0.5) is 5.69 Å². The molecule has 1 atom stereocenters. The fraction of sp³-hybridized carbons (Fsp3) is 0.368. The highest BCUT2D eigenvalue weighted by Gasteiger charge is 2.20. The van der Waals surface area contributed by atoms with E-state index >= 15 is 0 Å². The Hall–Kier alpha value is -1.89. The summed E-state index contributed by atoms with van der Waals surface area (Å²) < 4.78 is 23.0. The van der Waals surface area contributed by atoms with Crippen LogP contribution in [0.1, 0.15) is 11.7 Å². The number of rotatable bonds is 5. The van der Waals surface area contributed by atoms with Gasteiger partial charge >= 0.3 is 0 Å². The van der Waals surface area contributed by atoms with Crippen LogP contribution >= 0.6 is 0 Å². The predicted molar refractivity (Wildman–Crippen MR) is 99.6 cm³/mol. The molecule has 1 fully saturated rings. The number of benzene rings is 2. The first kappa shape index (κ1) is 17.9. The van der Waals surface area contributed by atoms with Crippen LogP contribution in [-0.2, 0) is 9.84 Å². The van der Waals surface area contributed by atoms with Gasteiger partial charge in [0, 0.05) is 44.7 Å². The smallest absolute Gasteiger partial charge is 0.175 e. The maximum Gasteiger partial charge on any atom is 0.175 e. The standard InChI is InChI=1S/C19H24N2O3S/c1-25(23,24)18-9-7-16(8-10-18)19(22)15-20-11-13-21(14-12-20)17-5-3-2-4-6-17/h2-10,19,22H,11-15H2,1H3/t19-/m0/s1. The minimum atomic E-state index is -3.20. The van der Waals surface area contributed by atoms with Gasteiger partial charge in [0.2, 0.25) is 0 Å². The van der Waals surface area contributed by atoms with Crippen LogP contribution in [0.3, 0.4) is 0 Å². The average Bonchev–Trinajstić information content (AvgIpc) is 2.62. The predicted octanol–water partition coefficient (Wildman–Crippen LogP) is 1.95. The number of hydrogen-bond donors (Lipinski definition) is 1. The quantitative estimate of drug-likeness (QED) is 0.883. The number of para-hydroxylation sites is 1. The summed E-state index contributed by atoms with van der Waals surface area (Å²) in [4.78, 5) is 4.87. The molecule has 0 amide bonds. The Morgan fingerprint density at radius 2 is 1.56 bits per heavy atom. The second-order valence-corrected chi connectivity index (χ2v) is 8.50. The van der Waals surface area contributed by atoms with Crippen molar-refractivity contribution in [2.75, 3.05) is 43.9 Å². The molecule has 5 nitrogen and oxygen atoms in total. The van der Waals surface area contributed by atoms with E-state index in [2.05, 4.69) is 21.9 Å². The molecule has 0 saturated carbocycles. The van der Waals surface area contributed by atoms with E-state index in [1.807, 2.05) is 18.2 Å². The number of anilines is 1. The third-order valence-corrected chi connectivity index (χ3v) is 5.75. The molecule has 1 aliphatic heterocycles. The van der Waals surface area contributed by atoms with E-state index in [0.29, 0.717) is 6.54 Å². The largest absolute Gasteiger partial charge is 0.387 e. The van der Waals surface area contributed by atoms with Crippen LogP contribution in [0.5, 0.6) is 0 Å². The summed E-state index contributed by atoms with van der Waals surface area (Å²) in [5, 5.41) is 10.4. The SMILES string of the molecule is CS(=O)(=O)c1ccc([C@@H](O)CN2CCN(c3ccccc3)CC2)cc1. The second-order valence-electron chi connectivity index (χ2n) is 6.48. The van der Waals surface area contributed by atoms with Gasteiger partial charge < -0.3 is 10.0 Å². The lowest BCUT2D eigenvalue weighted by Crippen LogP contribution is -2.47. The van der Waals surface area contributed by atoms with Crippen LogP contribution in [-0.4, -0.2) is 57.4 Å². The van der Waals surface area contributed by atoms with Crippen molar-refractivity contribution < 1.29 is 13.5 Å². The van der Waals surface area contributed by atoms with E-state index in [0.717, 1.165) is 31.7 Å². The molecule has 1 heterocycles. The first-order valence-electron chi connectivity index (χ1n) is 8.44. The molecule has 2 aromatic carbocycles. The average molecular weight is 360 g/mol. The van der Waals surface area contributed by atoms with Gasteiger partial charge in [0.1, 0.15) is 0 Å². The summed E-state index contributed by atoms with van der Waals surface area (Å²) in [6, 6.07) is 16.9. The molecule has 1 N–H and O–H groups in total. The Balaban J connectivity index is 1.55. The fourth-order valence-corrected chi connectivity index (χ4v) is 3.75. The van der Waals surface area contributed by atoms with Gasteiger partial charge in [0.05, 0.1) is 11.0 Å². The van der Waals surface area contributed by atoms with Crippen molar-refractivity contribution in [2.45, 2.75) is 11.0 Å². The van der Waals surface area contributed by atoms with Crippen LogP contribution in [0.25, 0.3) is 0 Å². The molecule has 2 aromatic rings. The van der Waals surface area contributed by atoms with Crippen molar-refractivity contribution in [3.8, 4) is 0 Å².